The summed E-state index contributed by atoms with van der Waals surface area (Å²) in [4.78, 5) is 8.51. The van der Waals surface area contributed by atoms with Crippen molar-refractivity contribution in [1.82, 2.24) is 10.3 Å². The number of morpholine rings is 1. The summed E-state index contributed by atoms with van der Waals surface area (Å²) in [5.74, 6) is 0. The van der Waals surface area contributed by atoms with E-state index >= 15 is 0 Å². The maximum Gasteiger partial charge on any atom is 0.186 e. The SMILES string of the molecule is CNC(C)c1sc(N2CC3CCC(C2)O3)nc1C. The third kappa shape index (κ3) is 2.15. The second-order valence-corrected chi connectivity index (χ2v) is 6.33. The Kier molecular flexibility index (Phi) is 3.30. The Labute approximate surface area is 112 Å². The summed E-state index contributed by atoms with van der Waals surface area (Å²) in [6.45, 7) is 6.32. The first-order valence-corrected chi connectivity index (χ1v) is 7.54. The van der Waals surface area contributed by atoms with Crippen molar-refractivity contribution in [2.24, 2.45) is 0 Å². The number of thiazole rings is 1. The maximum absolute atomic E-state index is 5.88. The zero-order valence-electron chi connectivity index (χ0n) is 11.3. The van der Waals surface area contributed by atoms with Crippen LogP contribution in [0.15, 0.2) is 0 Å². The maximum atomic E-state index is 5.88. The molecule has 0 spiro atoms. The lowest BCUT2D eigenvalue weighted by molar-refractivity contribution is 0.0305. The molecule has 1 aromatic heterocycles. The van der Waals surface area contributed by atoms with Gasteiger partial charge >= 0.3 is 0 Å². The highest BCUT2D eigenvalue weighted by Gasteiger charge is 2.35. The molecule has 3 heterocycles. The number of ether oxygens (including phenoxy) is 1. The summed E-state index contributed by atoms with van der Waals surface area (Å²) in [5.41, 5.74) is 1.16. The Morgan fingerprint density at radius 2 is 2.06 bits per heavy atom. The minimum atomic E-state index is 0.383. The summed E-state index contributed by atoms with van der Waals surface area (Å²) in [6, 6.07) is 0.383. The number of aryl methyl sites for hydroxylation is 1. The second-order valence-electron chi connectivity index (χ2n) is 5.32. The van der Waals surface area contributed by atoms with E-state index in [4.69, 9.17) is 9.72 Å². The van der Waals surface area contributed by atoms with Crippen molar-refractivity contribution >= 4 is 16.5 Å². The smallest absolute Gasteiger partial charge is 0.186 e. The molecule has 2 aliphatic heterocycles. The van der Waals surface area contributed by atoms with E-state index in [-0.39, 0.29) is 0 Å². The summed E-state index contributed by atoms with van der Waals surface area (Å²) in [6.07, 6.45) is 3.28. The second kappa shape index (κ2) is 4.79. The lowest BCUT2D eigenvalue weighted by atomic mass is 10.2. The van der Waals surface area contributed by atoms with Gasteiger partial charge < -0.3 is 15.0 Å². The Balaban J connectivity index is 1.80. The quantitative estimate of drug-likeness (QED) is 0.910. The molecule has 3 atom stereocenters. The highest BCUT2D eigenvalue weighted by atomic mass is 32.1. The van der Waals surface area contributed by atoms with Crippen molar-refractivity contribution in [3.8, 4) is 0 Å². The molecule has 3 rings (SSSR count). The van der Waals surface area contributed by atoms with Crippen molar-refractivity contribution in [2.45, 2.75) is 44.9 Å². The number of anilines is 1. The summed E-state index contributed by atoms with van der Waals surface area (Å²) < 4.78 is 5.88. The van der Waals surface area contributed by atoms with Crippen molar-refractivity contribution in [3.63, 3.8) is 0 Å². The molecule has 0 saturated carbocycles. The number of aromatic nitrogens is 1. The van der Waals surface area contributed by atoms with Gasteiger partial charge in [0.05, 0.1) is 17.9 Å². The third-order valence-electron chi connectivity index (χ3n) is 3.96. The van der Waals surface area contributed by atoms with E-state index in [2.05, 4.69) is 24.1 Å². The first kappa shape index (κ1) is 12.4. The molecule has 0 aliphatic carbocycles. The number of hydrogen-bond donors (Lipinski definition) is 1. The van der Waals surface area contributed by atoms with E-state index in [9.17, 15) is 0 Å². The summed E-state index contributed by atoms with van der Waals surface area (Å²) >= 11 is 1.83. The molecule has 2 saturated heterocycles. The fourth-order valence-corrected chi connectivity index (χ4v) is 3.98. The largest absolute Gasteiger partial charge is 0.371 e. The summed E-state index contributed by atoms with van der Waals surface area (Å²) in [5, 5.41) is 4.47. The van der Waals surface area contributed by atoms with Crippen molar-refractivity contribution < 1.29 is 4.74 Å². The van der Waals surface area contributed by atoms with Gasteiger partial charge in [0.15, 0.2) is 5.13 Å². The van der Waals surface area contributed by atoms with Crippen LogP contribution >= 0.6 is 11.3 Å². The van der Waals surface area contributed by atoms with Gasteiger partial charge in [-0.1, -0.05) is 0 Å². The van der Waals surface area contributed by atoms with Gasteiger partial charge in [-0.3, -0.25) is 0 Å². The van der Waals surface area contributed by atoms with Gasteiger partial charge in [0.25, 0.3) is 0 Å². The molecule has 4 nitrogen and oxygen atoms in total. The fourth-order valence-electron chi connectivity index (χ4n) is 2.83. The normalized spacial score (nSPS) is 28.7. The number of fused-ring (bicyclic) bond motifs is 2. The van der Waals surface area contributed by atoms with Crippen LogP contribution in [0.25, 0.3) is 0 Å². The highest BCUT2D eigenvalue weighted by molar-refractivity contribution is 7.15. The van der Waals surface area contributed by atoms with E-state index in [0.29, 0.717) is 18.2 Å². The fraction of sp³-hybridized carbons (Fsp3) is 0.769. The number of nitrogens with one attached hydrogen (secondary N) is 1. The van der Waals surface area contributed by atoms with Crippen molar-refractivity contribution in [2.75, 3.05) is 25.0 Å². The molecule has 2 fully saturated rings. The topological polar surface area (TPSA) is 37.4 Å². The molecular formula is C13H21N3OS. The molecule has 3 unspecified atom stereocenters. The van der Waals surface area contributed by atoms with E-state index in [1.165, 1.54) is 22.9 Å². The van der Waals surface area contributed by atoms with Crippen molar-refractivity contribution in [3.05, 3.63) is 10.6 Å². The molecule has 0 amide bonds. The van der Waals surface area contributed by atoms with Crippen LogP contribution in [-0.2, 0) is 4.74 Å². The first-order valence-electron chi connectivity index (χ1n) is 6.72. The van der Waals surface area contributed by atoms with E-state index in [1.54, 1.807) is 0 Å². The average Bonchev–Trinajstić information content (AvgIpc) is 2.92. The molecule has 5 heteroatoms. The minimum Gasteiger partial charge on any atom is -0.371 e. The van der Waals surface area contributed by atoms with Gasteiger partial charge in [0.1, 0.15) is 0 Å². The predicted octanol–water partition coefficient (Wildman–Crippen LogP) is 2.10. The van der Waals surface area contributed by atoms with Crippen LogP contribution in [0.5, 0.6) is 0 Å². The number of rotatable bonds is 3. The standard InChI is InChI=1S/C13H21N3OS/c1-8(14-3)12-9(2)15-13(18-12)16-6-10-4-5-11(7-16)17-10/h8,10-11,14H,4-7H2,1-3H3. The predicted molar refractivity (Wildman–Crippen MR) is 74.4 cm³/mol. The van der Waals surface area contributed by atoms with Crippen LogP contribution in [0.4, 0.5) is 5.13 Å². The highest BCUT2D eigenvalue weighted by Crippen LogP contribution is 2.34. The zero-order valence-corrected chi connectivity index (χ0v) is 12.1. The summed E-state index contributed by atoms with van der Waals surface area (Å²) in [7, 11) is 2.00. The molecule has 0 aromatic carbocycles. The van der Waals surface area contributed by atoms with Crippen LogP contribution in [0.3, 0.4) is 0 Å². The number of nitrogens with zero attached hydrogens (tertiary/aromatic N) is 2. The Morgan fingerprint density at radius 3 is 2.67 bits per heavy atom. The number of hydrogen-bond acceptors (Lipinski definition) is 5. The molecular weight excluding hydrogens is 246 g/mol. The van der Waals surface area contributed by atoms with Crippen LogP contribution in [-0.4, -0.2) is 37.3 Å². The van der Waals surface area contributed by atoms with Crippen LogP contribution in [0.2, 0.25) is 0 Å². The van der Waals surface area contributed by atoms with Crippen LogP contribution in [0.1, 0.15) is 36.4 Å². The van der Waals surface area contributed by atoms with Crippen LogP contribution in [0, 0.1) is 6.92 Å². The van der Waals surface area contributed by atoms with Gasteiger partial charge in [-0.25, -0.2) is 4.98 Å². The molecule has 0 radical (unpaired) electrons. The first-order chi connectivity index (χ1) is 8.67. The Morgan fingerprint density at radius 1 is 1.39 bits per heavy atom. The Hall–Kier alpha value is -0.650. The lowest BCUT2D eigenvalue weighted by Gasteiger charge is -2.31. The molecule has 2 aliphatic rings. The van der Waals surface area contributed by atoms with Gasteiger partial charge in [0.2, 0.25) is 0 Å². The molecule has 2 bridgehead atoms. The minimum absolute atomic E-state index is 0.383. The van der Waals surface area contributed by atoms with Gasteiger partial charge in [-0.15, -0.1) is 11.3 Å². The lowest BCUT2D eigenvalue weighted by Crippen LogP contribution is -2.42. The van der Waals surface area contributed by atoms with Gasteiger partial charge in [-0.2, -0.15) is 0 Å². The van der Waals surface area contributed by atoms with Crippen molar-refractivity contribution in [1.29, 1.82) is 0 Å². The van der Waals surface area contributed by atoms with Crippen LogP contribution < -0.4 is 10.2 Å². The molecule has 100 valence electrons. The molecule has 1 N–H and O–H groups in total. The molecule has 18 heavy (non-hydrogen) atoms. The zero-order chi connectivity index (χ0) is 12.7. The van der Waals surface area contributed by atoms with Gasteiger partial charge in [0, 0.05) is 24.0 Å². The van der Waals surface area contributed by atoms with E-state index in [1.807, 2.05) is 18.4 Å². The average molecular weight is 267 g/mol. The van der Waals surface area contributed by atoms with E-state index < -0.39 is 0 Å². The van der Waals surface area contributed by atoms with Gasteiger partial charge in [-0.05, 0) is 33.7 Å². The Bertz CT molecular complexity index is 422. The van der Waals surface area contributed by atoms with E-state index in [0.717, 1.165) is 18.8 Å². The monoisotopic (exact) mass is 267 g/mol. The molecule has 1 aromatic rings. The third-order valence-corrected chi connectivity index (χ3v) is 5.36.